The molecule has 176 valence electrons. The molecule has 0 saturated carbocycles. The van der Waals surface area contributed by atoms with Gasteiger partial charge in [0.2, 0.25) is 11.8 Å². The van der Waals surface area contributed by atoms with Crippen LogP contribution in [-0.2, 0) is 30.3 Å². The van der Waals surface area contributed by atoms with Gasteiger partial charge in [-0.05, 0) is 43.0 Å². The van der Waals surface area contributed by atoms with Crippen molar-refractivity contribution >= 4 is 41.0 Å². The van der Waals surface area contributed by atoms with Gasteiger partial charge in [0.25, 0.3) is 5.91 Å². The zero-order chi connectivity index (χ0) is 24.2. The number of halogens is 1. The summed E-state index contributed by atoms with van der Waals surface area (Å²) < 4.78 is 5.28. The number of ether oxygens (including phenoxy) is 1. The van der Waals surface area contributed by atoms with Crippen molar-refractivity contribution in [2.24, 2.45) is 11.8 Å². The maximum Gasteiger partial charge on any atom is 0.330 e. The predicted molar refractivity (Wildman–Crippen MR) is 127 cm³/mol. The third-order valence-corrected chi connectivity index (χ3v) is 6.61. The Bertz CT molecular complexity index is 1120. The molecule has 1 aliphatic carbocycles. The van der Waals surface area contributed by atoms with E-state index in [1.54, 1.807) is 18.2 Å². The fourth-order valence-electron chi connectivity index (χ4n) is 4.35. The number of imide groups is 1. The van der Waals surface area contributed by atoms with Crippen LogP contribution in [0.5, 0.6) is 0 Å². The number of nitrogens with one attached hydrogen (secondary N) is 1. The van der Waals surface area contributed by atoms with E-state index in [2.05, 4.69) is 5.32 Å². The van der Waals surface area contributed by atoms with Gasteiger partial charge in [-0.3, -0.25) is 19.3 Å². The van der Waals surface area contributed by atoms with Crippen LogP contribution in [-0.4, -0.2) is 41.2 Å². The summed E-state index contributed by atoms with van der Waals surface area (Å²) in [6.07, 6.45) is 4.84. The number of allylic oxidation sites excluding steroid dienone is 2. The first-order chi connectivity index (χ1) is 16.3. The van der Waals surface area contributed by atoms with E-state index < -0.39 is 36.4 Å². The van der Waals surface area contributed by atoms with E-state index in [4.69, 9.17) is 16.3 Å². The van der Waals surface area contributed by atoms with Crippen molar-refractivity contribution in [3.63, 3.8) is 0 Å². The second kappa shape index (κ2) is 10.2. The van der Waals surface area contributed by atoms with Crippen LogP contribution in [0.25, 0.3) is 0 Å². The maximum atomic E-state index is 13.1. The zero-order valence-electron chi connectivity index (χ0n) is 18.7. The molecule has 34 heavy (non-hydrogen) atoms. The van der Waals surface area contributed by atoms with Gasteiger partial charge in [0.1, 0.15) is 6.04 Å². The third-order valence-electron chi connectivity index (χ3n) is 6.20. The second-order valence-electron chi connectivity index (χ2n) is 8.53. The molecule has 1 heterocycles. The fourth-order valence-corrected chi connectivity index (χ4v) is 4.53. The number of carbonyl (C=O) groups is 4. The predicted octanol–water partition coefficient (Wildman–Crippen LogP) is 3.69. The molecule has 3 amide bonds. The number of benzene rings is 2. The van der Waals surface area contributed by atoms with E-state index >= 15 is 0 Å². The minimum absolute atomic E-state index is 0.110. The molecular formula is C26H25ClN2O5. The SMILES string of the molecule is Cc1ccc(NC(=O)COC(=O)[C@H](Cc2ccccc2)N2C(=O)[C@H]3CC=CC[C@@H]3C2=O)cc1Cl. The molecule has 2 aromatic carbocycles. The lowest BCUT2D eigenvalue weighted by Crippen LogP contribution is -2.48. The van der Waals surface area contributed by atoms with Crippen molar-refractivity contribution in [2.45, 2.75) is 32.2 Å². The number of hydrogen-bond donors (Lipinski definition) is 1. The van der Waals surface area contributed by atoms with Gasteiger partial charge in [0.15, 0.2) is 6.61 Å². The number of hydrogen-bond acceptors (Lipinski definition) is 5. The first kappa shape index (κ1) is 23.7. The number of rotatable bonds is 7. The smallest absolute Gasteiger partial charge is 0.330 e. The van der Waals surface area contributed by atoms with E-state index in [-0.39, 0.29) is 18.2 Å². The van der Waals surface area contributed by atoms with Crippen LogP contribution in [0.15, 0.2) is 60.7 Å². The summed E-state index contributed by atoms with van der Waals surface area (Å²) in [6, 6.07) is 13.0. The lowest BCUT2D eigenvalue weighted by atomic mass is 9.85. The summed E-state index contributed by atoms with van der Waals surface area (Å²) in [4.78, 5) is 52.7. The summed E-state index contributed by atoms with van der Waals surface area (Å²) in [5.74, 6) is -3.00. The number of amides is 3. The van der Waals surface area contributed by atoms with Crippen LogP contribution < -0.4 is 5.32 Å². The summed E-state index contributed by atoms with van der Waals surface area (Å²) >= 11 is 6.08. The first-order valence-electron chi connectivity index (χ1n) is 11.1. The van der Waals surface area contributed by atoms with Crippen molar-refractivity contribution < 1.29 is 23.9 Å². The molecule has 2 aliphatic rings. The Morgan fingerprint density at radius 3 is 2.32 bits per heavy atom. The Hall–Kier alpha value is -3.45. The van der Waals surface area contributed by atoms with E-state index in [9.17, 15) is 19.2 Å². The van der Waals surface area contributed by atoms with Crippen LogP contribution in [0, 0.1) is 18.8 Å². The highest BCUT2D eigenvalue weighted by molar-refractivity contribution is 6.31. The van der Waals surface area contributed by atoms with Gasteiger partial charge in [-0.25, -0.2) is 4.79 Å². The topological polar surface area (TPSA) is 92.8 Å². The molecule has 4 rings (SSSR count). The number of anilines is 1. The minimum atomic E-state index is -1.14. The van der Waals surface area contributed by atoms with Gasteiger partial charge in [-0.2, -0.15) is 0 Å². The minimum Gasteiger partial charge on any atom is -0.454 e. The molecule has 0 unspecified atom stereocenters. The molecule has 0 spiro atoms. The van der Waals surface area contributed by atoms with E-state index in [1.807, 2.05) is 49.4 Å². The molecule has 1 saturated heterocycles. The van der Waals surface area contributed by atoms with Crippen LogP contribution in [0.1, 0.15) is 24.0 Å². The molecule has 3 atom stereocenters. The monoisotopic (exact) mass is 480 g/mol. The molecule has 8 heteroatoms. The standard InChI is InChI=1S/C26H25ClN2O5/c1-16-11-12-18(14-21(16)27)28-23(30)15-34-26(33)22(13-17-7-3-2-4-8-17)29-24(31)19-9-5-6-10-20(19)25(29)32/h2-8,11-12,14,19-20,22H,9-10,13,15H2,1H3,(H,28,30)/t19-,20-,22-/m0/s1. The number of likely N-dealkylation sites (tertiary alicyclic amines) is 1. The van der Waals surface area contributed by atoms with E-state index in [1.165, 1.54) is 0 Å². The Balaban J connectivity index is 1.48. The van der Waals surface area contributed by atoms with Crippen LogP contribution in [0.2, 0.25) is 5.02 Å². The van der Waals surface area contributed by atoms with Gasteiger partial charge in [0, 0.05) is 17.1 Å². The van der Waals surface area contributed by atoms with E-state index in [0.717, 1.165) is 16.0 Å². The van der Waals surface area contributed by atoms with Gasteiger partial charge >= 0.3 is 5.97 Å². The van der Waals surface area contributed by atoms with Crippen molar-refractivity contribution in [2.75, 3.05) is 11.9 Å². The Morgan fingerprint density at radius 2 is 1.71 bits per heavy atom. The number of carbonyl (C=O) groups excluding carboxylic acids is 4. The summed E-state index contributed by atoms with van der Waals surface area (Å²) in [5.41, 5.74) is 2.11. The number of nitrogens with zero attached hydrogens (tertiary/aromatic N) is 1. The first-order valence-corrected chi connectivity index (χ1v) is 11.5. The summed E-state index contributed by atoms with van der Waals surface area (Å²) in [7, 11) is 0. The average molecular weight is 481 g/mol. The zero-order valence-corrected chi connectivity index (χ0v) is 19.5. The quantitative estimate of drug-likeness (QED) is 0.370. The third kappa shape index (κ3) is 5.04. The normalized spacial score (nSPS) is 20.1. The molecule has 1 fully saturated rings. The molecular weight excluding hydrogens is 456 g/mol. The fraction of sp³-hybridized carbons (Fsp3) is 0.308. The van der Waals surface area contributed by atoms with Crippen molar-refractivity contribution in [1.29, 1.82) is 0 Å². The van der Waals surface area contributed by atoms with Gasteiger partial charge in [-0.1, -0.05) is 60.2 Å². The van der Waals surface area contributed by atoms with E-state index in [0.29, 0.717) is 23.6 Å². The molecule has 7 nitrogen and oxygen atoms in total. The van der Waals surface area contributed by atoms with Crippen molar-refractivity contribution in [3.8, 4) is 0 Å². The highest BCUT2D eigenvalue weighted by atomic mass is 35.5. The van der Waals surface area contributed by atoms with Gasteiger partial charge < -0.3 is 10.1 Å². The largest absolute Gasteiger partial charge is 0.454 e. The summed E-state index contributed by atoms with van der Waals surface area (Å²) in [5, 5.41) is 3.13. The number of aryl methyl sites for hydroxylation is 1. The molecule has 1 N–H and O–H groups in total. The lowest BCUT2D eigenvalue weighted by molar-refractivity contribution is -0.159. The molecule has 0 aromatic heterocycles. The Labute approximate surface area is 202 Å². The summed E-state index contributed by atoms with van der Waals surface area (Å²) in [6.45, 7) is 1.29. The van der Waals surface area contributed by atoms with Crippen LogP contribution in [0.4, 0.5) is 5.69 Å². The molecule has 2 aromatic rings. The molecule has 0 radical (unpaired) electrons. The number of esters is 1. The highest BCUT2D eigenvalue weighted by Gasteiger charge is 2.51. The van der Waals surface area contributed by atoms with Crippen LogP contribution >= 0.6 is 11.6 Å². The lowest BCUT2D eigenvalue weighted by Gasteiger charge is -2.25. The number of fused-ring (bicyclic) bond motifs is 1. The average Bonchev–Trinajstić information content (AvgIpc) is 3.09. The second-order valence-corrected chi connectivity index (χ2v) is 8.93. The maximum absolute atomic E-state index is 13.1. The van der Waals surface area contributed by atoms with Gasteiger partial charge in [0.05, 0.1) is 11.8 Å². The molecule has 1 aliphatic heterocycles. The van der Waals surface area contributed by atoms with Crippen molar-refractivity contribution in [3.05, 3.63) is 76.8 Å². The highest BCUT2D eigenvalue weighted by Crippen LogP contribution is 2.36. The Morgan fingerprint density at radius 1 is 1.06 bits per heavy atom. The van der Waals surface area contributed by atoms with Gasteiger partial charge in [-0.15, -0.1) is 0 Å². The molecule has 0 bridgehead atoms. The van der Waals surface area contributed by atoms with Crippen molar-refractivity contribution in [1.82, 2.24) is 4.90 Å². The Kier molecular flexibility index (Phi) is 7.12. The van der Waals surface area contributed by atoms with Crippen LogP contribution in [0.3, 0.4) is 0 Å².